The number of benzene rings is 2. The molecule has 3 aromatic rings. The van der Waals surface area contributed by atoms with Gasteiger partial charge in [-0.1, -0.05) is 29.3 Å². The van der Waals surface area contributed by atoms with Crippen LogP contribution in [0.5, 0.6) is 11.5 Å². The molecule has 2 aromatic carbocycles. The summed E-state index contributed by atoms with van der Waals surface area (Å²) in [6.07, 6.45) is 1.77. The fourth-order valence-corrected chi connectivity index (χ4v) is 3.62. The van der Waals surface area contributed by atoms with E-state index in [1.165, 1.54) is 11.3 Å². The number of hydrogen-bond donors (Lipinski definition) is 1. The molecule has 1 N–H and O–H groups in total. The Morgan fingerprint density at radius 2 is 2.03 bits per heavy atom. The summed E-state index contributed by atoms with van der Waals surface area (Å²) in [5.74, 6) is 0.855. The highest BCUT2D eigenvalue weighted by Gasteiger charge is 2.09. The second-order valence-corrected chi connectivity index (χ2v) is 8.12. The lowest BCUT2D eigenvalue weighted by Crippen LogP contribution is -2.07. The zero-order valence-electron chi connectivity index (χ0n) is 17.4. The standard InChI is InChI=1S/C22H21Cl2N3O4S/c1-3-30-21(28)10-16-13-32-22(26-16)27-25-11-14-5-7-19(20(9-14)29-2)31-12-15-4-6-17(23)18(24)8-15/h4-9,11,13H,3,10,12H2,1-2H3,(H,26,27). The topological polar surface area (TPSA) is 82.0 Å². The van der Waals surface area contributed by atoms with E-state index in [2.05, 4.69) is 15.5 Å². The predicted octanol–water partition coefficient (Wildman–Crippen LogP) is 5.59. The third-order valence-corrected chi connectivity index (χ3v) is 5.66. The van der Waals surface area contributed by atoms with Crippen LogP contribution in [-0.4, -0.2) is 30.9 Å². The number of carbonyl (C=O) groups excluding carboxylic acids is 1. The van der Waals surface area contributed by atoms with Crippen molar-refractivity contribution >= 4 is 51.9 Å². The van der Waals surface area contributed by atoms with E-state index in [-0.39, 0.29) is 12.4 Å². The Hall–Kier alpha value is -2.81. The van der Waals surface area contributed by atoms with Gasteiger partial charge in [0.05, 0.1) is 42.1 Å². The summed E-state index contributed by atoms with van der Waals surface area (Å²) < 4.78 is 16.2. The predicted molar refractivity (Wildman–Crippen MR) is 127 cm³/mol. The van der Waals surface area contributed by atoms with Crippen LogP contribution >= 0.6 is 34.5 Å². The van der Waals surface area contributed by atoms with Crippen molar-refractivity contribution in [1.29, 1.82) is 0 Å². The molecule has 0 radical (unpaired) electrons. The Morgan fingerprint density at radius 3 is 2.78 bits per heavy atom. The summed E-state index contributed by atoms with van der Waals surface area (Å²) in [4.78, 5) is 15.8. The summed E-state index contributed by atoms with van der Waals surface area (Å²) >= 11 is 13.3. The third kappa shape index (κ3) is 6.85. The number of nitrogens with one attached hydrogen (secondary N) is 1. The second kappa shape index (κ2) is 11.7. The van der Waals surface area contributed by atoms with Crippen LogP contribution in [0.3, 0.4) is 0 Å². The average Bonchev–Trinajstić information content (AvgIpc) is 3.22. The van der Waals surface area contributed by atoms with Crippen LogP contribution in [0, 0.1) is 0 Å². The Bertz CT molecular complexity index is 1100. The maximum atomic E-state index is 11.5. The van der Waals surface area contributed by atoms with Crippen molar-refractivity contribution in [2.75, 3.05) is 19.1 Å². The highest BCUT2D eigenvalue weighted by molar-refractivity contribution is 7.13. The first kappa shape index (κ1) is 23.8. The highest BCUT2D eigenvalue weighted by Crippen LogP contribution is 2.29. The van der Waals surface area contributed by atoms with E-state index >= 15 is 0 Å². The molecule has 0 fully saturated rings. The van der Waals surface area contributed by atoms with Gasteiger partial charge in [-0.3, -0.25) is 10.2 Å². The molecule has 10 heteroatoms. The van der Waals surface area contributed by atoms with Crippen molar-refractivity contribution in [1.82, 2.24) is 4.98 Å². The minimum Gasteiger partial charge on any atom is -0.493 e. The van der Waals surface area contributed by atoms with Crippen LogP contribution in [0.4, 0.5) is 5.13 Å². The Balaban J connectivity index is 1.58. The first-order valence-electron chi connectivity index (χ1n) is 9.62. The molecule has 0 bridgehead atoms. The monoisotopic (exact) mass is 493 g/mol. The van der Waals surface area contributed by atoms with Crippen molar-refractivity contribution in [2.24, 2.45) is 5.10 Å². The van der Waals surface area contributed by atoms with Crippen LogP contribution in [-0.2, 0) is 22.6 Å². The molecule has 0 saturated heterocycles. The number of hydrazone groups is 1. The van der Waals surface area contributed by atoms with E-state index in [1.807, 2.05) is 18.2 Å². The molecule has 0 aliphatic heterocycles. The number of methoxy groups -OCH3 is 1. The molecule has 32 heavy (non-hydrogen) atoms. The zero-order chi connectivity index (χ0) is 22.9. The average molecular weight is 494 g/mol. The lowest BCUT2D eigenvalue weighted by atomic mass is 10.2. The number of carbonyl (C=O) groups is 1. The summed E-state index contributed by atoms with van der Waals surface area (Å²) in [6.45, 7) is 2.44. The molecule has 1 aromatic heterocycles. The van der Waals surface area contributed by atoms with Gasteiger partial charge in [0.15, 0.2) is 11.5 Å². The van der Waals surface area contributed by atoms with E-state index in [0.29, 0.717) is 45.6 Å². The largest absolute Gasteiger partial charge is 0.493 e. The summed E-state index contributed by atoms with van der Waals surface area (Å²) in [7, 11) is 1.57. The molecule has 0 aliphatic rings. The summed E-state index contributed by atoms with van der Waals surface area (Å²) in [5.41, 5.74) is 5.19. The number of halogens is 2. The normalized spacial score (nSPS) is 10.9. The Labute approximate surface area is 199 Å². The van der Waals surface area contributed by atoms with Crippen LogP contribution < -0.4 is 14.9 Å². The van der Waals surface area contributed by atoms with Gasteiger partial charge in [0.2, 0.25) is 5.13 Å². The Kier molecular flexibility index (Phi) is 8.72. The number of rotatable bonds is 10. The van der Waals surface area contributed by atoms with Crippen LogP contribution in [0.15, 0.2) is 46.9 Å². The molecular weight excluding hydrogens is 473 g/mol. The molecule has 1 heterocycles. The van der Waals surface area contributed by atoms with Gasteiger partial charge in [0, 0.05) is 5.38 Å². The molecule has 7 nitrogen and oxygen atoms in total. The molecule has 0 unspecified atom stereocenters. The van der Waals surface area contributed by atoms with Crippen molar-refractivity contribution in [3.63, 3.8) is 0 Å². The minimum atomic E-state index is -0.304. The first-order valence-corrected chi connectivity index (χ1v) is 11.3. The number of thiazole rings is 1. The summed E-state index contributed by atoms with van der Waals surface area (Å²) in [6, 6.07) is 10.8. The maximum absolute atomic E-state index is 11.5. The number of aromatic nitrogens is 1. The fraction of sp³-hybridized carbons (Fsp3) is 0.227. The molecule has 0 saturated carbocycles. The first-order chi connectivity index (χ1) is 15.5. The lowest BCUT2D eigenvalue weighted by Gasteiger charge is -2.11. The van der Waals surface area contributed by atoms with Gasteiger partial charge in [-0.2, -0.15) is 5.10 Å². The van der Waals surface area contributed by atoms with Gasteiger partial charge < -0.3 is 14.2 Å². The van der Waals surface area contributed by atoms with E-state index in [4.69, 9.17) is 37.4 Å². The number of anilines is 1. The van der Waals surface area contributed by atoms with Gasteiger partial charge in [0.1, 0.15) is 6.61 Å². The van der Waals surface area contributed by atoms with E-state index < -0.39 is 0 Å². The highest BCUT2D eigenvalue weighted by atomic mass is 35.5. The van der Waals surface area contributed by atoms with Crippen molar-refractivity contribution in [3.8, 4) is 11.5 Å². The van der Waals surface area contributed by atoms with Crippen molar-refractivity contribution in [2.45, 2.75) is 20.0 Å². The number of hydrogen-bond acceptors (Lipinski definition) is 8. The molecule has 3 rings (SSSR count). The van der Waals surface area contributed by atoms with Crippen LogP contribution in [0.25, 0.3) is 0 Å². The molecule has 0 atom stereocenters. The number of nitrogens with zero attached hydrogens (tertiary/aromatic N) is 2. The number of ether oxygens (including phenoxy) is 3. The molecule has 168 valence electrons. The molecular formula is C22H21Cl2N3O4S. The van der Waals surface area contributed by atoms with Gasteiger partial charge in [-0.25, -0.2) is 4.98 Å². The van der Waals surface area contributed by atoms with Gasteiger partial charge in [-0.15, -0.1) is 11.3 Å². The van der Waals surface area contributed by atoms with Gasteiger partial charge in [-0.05, 0) is 48.4 Å². The second-order valence-electron chi connectivity index (χ2n) is 6.44. The SMILES string of the molecule is CCOC(=O)Cc1csc(NN=Cc2ccc(OCc3ccc(Cl)c(Cl)c3)c(OC)c2)n1. The van der Waals surface area contributed by atoms with E-state index in [1.54, 1.807) is 43.8 Å². The summed E-state index contributed by atoms with van der Waals surface area (Å²) in [5, 5.41) is 7.53. The van der Waals surface area contributed by atoms with Crippen LogP contribution in [0.1, 0.15) is 23.7 Å². The lowest BCUT2D eigenvalue weighted by molar-refractivity contribution is -0.142. The van der Waals surface area contributed by atoms with Crippen molar-refractivity contribution < 1.29 is 19.0 Å². The fourth-order valence-electron chi connectivity index (χ4n) is 2.64. The molecule has 0 amide bonds. The van der Waals surface area contributed by atoms with Crippen molar-refractivity contribution in [3.05, 3.63) is 68.6 Å². The quantitative estimate of drug-likeness (QED) is 0.225. The third-order valence-electron chi connectivity index (χ3n) is 4.12. The van der Waals surface area contributed by atoms with E-state index in [0.717, 1.165) is 11.1 Å². The Morgan fingerprint density at radius 1 is 1.19 bits per heavy atom. The minimum absolute atomic E-state index is 0.136. The molecule has 0 spiro atoms. The van der Waals surface area contributed by atoms with Crippen LogP contribution in [0.2, 0.25) is 10.0 Å². The maximum Gasteiger partial charge on any atom is 0.311 e. The van der Waals surface area contributed by atoms with E-state index in [9.17, 15) is 4.79 Å². The zero-order valence-corrected chi connectivity index (χ0v) is 19.8. The smallest absolute Gasteiger partial charge is 0.311 e. The van der Waals surface area contributed by atoms with Gasteiger partial charge >= 0.3 is 5.97 Å². The molecule has 0 aliphatic carbocycles. The number of esters is 1. The van der Waals surface area contributed by atoms with Gasteiger partial charge in [0.25, 0.3) is 0 Å².